The summed E-state index contributed by atoms with van der Waals surface area (Å²) in [6.45, 7) is 11.3. The van der Waals surface area contributed by atoms with Crippen LogP contribution in [-0.4, -0.2) is 36.0 Å². The van der Waals surface area contributed by atoms with Gasteiger partial charge < -0.3 is 14.6 Å². The maximum Gasteiger partial charge on any atom is 0.214 e. The smallest absolute Gasteiger partial charge is 0.214 e. The van der Waals surface area contributed by atoms with Crippen LogP contribution in [0.25, 0.3) is 0 Å². The fourth-order valence-electron chi connectivity index (χ4n) is 2.99. The van der Waals surface area contributed by atoms with Gasteiger partial charge in [-0.05, 0) is 38.5 Å². The summed E-state index contributed by atoms with van der Waals surface area (Å²) in [5.74, 6) is 4.12. The standard InChI is InChI=1S/C16H28N4O.HI/c1-11(2)8-14-6-7-20(10-14)16(17-5)18-9-15-19-12(3)13(4)21-15;/h11,14H,6-10H2,1-5H3,(H,17,18);1H. The average molecular weight is 420 g/mol. The normalized spacial score (nSPS) is 18.7. The summed E-state index contributed by atoms with van der Waals surface area (Å²) >= 11 is 0. The van der Waals surface area contributed by atoms with E-state index in [0.29, 0.717) is 6.54 Å². The van der Waals surface area contributed by atoms with E-state index in [4.69, 9.17) is 4.42 Å². The van der Waals surface area contributed by atoms with Crippen LogP contribution >= 0.6 is 24.0 Å². The summed E-state index contributed by atoms with van der Waals surface area (Å²) < 4.78 is 5.60. The third kappa shape index (κ3) is 5.14. The number of likely N-dealkylation sites (tertiary alicyclic amines) is 1. The van der Waals surface area contributed by atoms with Crippen molar-refractivity contribution in [3.05, 3.63) is 17.3 Å². The number of rotatable bonds is 4. The van der Waals surface area contributed by atoms with E-state index in [1.807, 2.05) is 20.9 Å². The largest absolute Gasteiger partial charge is 0.444 e. The lowest BCUT2D eigenvalue weighted by molar-refractivity contribution is 0.400. The number of guanidine groups is 1. The van der Waals surface area contributed by atoms with Crippen molar-refractivity contribution in [2.45, 2.75) is 47.1 Å². The minimum atomic E-state index is 0. The van der Waals surface area contributed by atoms with Crippen LogP contribution in [0.4, 0.5) is 0 Å². The maximum absolute atomic E-state index is 5.60. The van der Waals surface area contributed by atoms with Crippen LogP contribution in [0.1, 0.15) is 44.0 Å². The fourth-order valence-corrected chi connectivity index (χ4v) is 2.99. The number of aliphatic imine (C=N–C) groups is 1. The predicted octanol–water partition coefficient (Wildman–Crippen LogP) is 3.35. The minimum absolute atomic E-state index is 0. The quantitative estimate of drug-likeness (QED) is 0.461. The minimum Gasteiger partial charge on any atom is -0.444 e. The second-order valence-electron chi connectivity index (χ2n) is 6.38. The van der Waals surface area contributed by atoms with Gasteiger partial charge in [-0.3, -0.25) is 4.99 Å². The van der Waals surface area contributed by atoms with Gasteiger partial charge >= 0.3 is 0 Å². The molecule has 1 fully saturated rings. The number of hydrogen-bond acceptors (Lipinski definition) is 3. The van der Waals surface area contributed by atoms with Crippen molar-refractivity contribution < 1.29 is 4.42 Å². The fraction of sp³-hybridized carbons (Fsp3) is 0.750. The van der Waals surface area contributed by atoms with Crippen molar-refractivity contribution in [2.24, 2.45) is 16.8 Å². The maximum atomic E-state index is 5.60. The van der Waals surface area contributed by atoms with Gasteiger partial charge in [0.15, 0.2) is 5.96 Å². The number of hydrogen-bond donors (Lipinski definition) is 1. The lowest BCUT2D eigenvalue weighted by atomic mass is 9.97. The first kappa shape index (κ1) is 19.3. The Kier molecular flexibility index (Phi) is 7.65. The van der Waals surface area contributed by atoms with Crippen LogP contribution in [0.2, 0.25) is 0 Å². The van der Waals surface area contributed by atoms with Crippen LogP contribution in [0.15, 0.2) is 9.41 Å². The number of aryl methyl sites for hydroxylation is 2. The Balaban J connectivity index is 0.00000242. The third-order valence-electron chi connectivity index (χ3n) is 4.07. The number of halogens is 1. The number of oxazole rings is 1. The molecule has 1 aliphatic heterocycles. The molecule has 2 rings (SSSR count). The first-order chi connectivity index (χ1) is 9.99. The van der Waals surface area contributed by atoms with Gasteiger partial charge in [0.05, 0.1) is 12.2 Å². The van der Waals surface area contributed by atoms with Crippen molar-refractivity contribution in [3.8, 4) is 0 Å². The molecule has 0 aromatic carbocycles. The molecule has 1 atom stereocenters. The molecule has 1 aromatic rings. The molecule has 5 nitrogen and oxygen atoms in total. The van der Waals surface area contributed by atoms with E-state index in [2.05, 4.69) is 34.0 Å². The van der Waals surface area contributed by atoms with Crippen LogP contribution < -0.4 is 5.32 Å². The molecule has 1 N–H and O–H groups in total. The van der Waals surface area contributed by atoms with E-state index in [9.17, 15) is 0 Å². The second kappa shape index (κ2) is 8.74. The summed E-state index contributed by atoms with van der Waals surface area (Å²) in [6.07, 6.45) is 2.56. The Hall–Kier alpha value is -0.790. The molecule has 0 radical (unpaired) electrons. The molecule has 0 saturated carbocycles. The topological polar surface area (TPSA) is 53.7 Å². The Morgan fingerprint density at radius 1 is 1.45 bits per heavy atom. The van der Waals surface area contributed by atoms with Gasteiger partial charge in [-0.15, -0.1) is 24.0 Å². The van der Waals surface area contributed by atoms with Gasteiger partial charge in [0.2, 0.25) is 5.89 Å². The van der Waals surface area contributed by atoms with E-state index in [-0.39, 0.29) is 24.0 Å². The zero-order valence-corrected chi connectivity index (χ0v) is 16.7. The van der Waals surface area contributed by atoms with Gasteiger partial charge in [-0.2, -0.15) is 0 Å². The van der Waals surface area contributed by atoms with Gasteiger partial charge in [0, 0.05) is 20.1 Å². The van der Waals surface area contributed by atoms with E-state index >= 15 is 0 Å². The van der Waals surface area contributed by atoms with Crippen LogP contribution in [0.3, 0.4) is 0 Å². The highest BCUT2D eigenvalue weighted by Gasteiger charge is 2.25. The molecule has 1 saturated heterocycles. The summed E-state index contributed by atoms with van der Waals surface area (Å²) in [5, 5.41) is 3.36. The molecule has 2 heterocycles. The zero-order valence-electron chi connectivity index (χ0n) is 14.3. The summed E-state index contributed by atoms with van der Waals surface area (Å²) in [4.78, 5) is 11.1. The third-order valence-corrected chi connectivity index (χ3v) is 4.07. The van der Waals surface area contributed by atoms with Crippen LogP contribution in [0, 0.1) is 25.7 Å². The summed E-state index contributed by atoms with van der Waals surface area (Å²) in [5.41, 5.74) is 0.958. The number of aromatic nitrogens is 1. The molecule has 1 aromatic heterocycles. The van der Waals surface area contributed by atoms with Gasteiger partial charge in [0.1, 0.15) is 5.76 Å². The van der Waals surface area contributed by atoms with Gasteiger partial charge in [-0.25, -0.2) is 4.98 Å². The number of nitrogens with zero attached hydrogens (tertiary/aromatic N) is 3. The van der Waals surface area contributed by atoms with Gasteiger partial charge in [0.25, 0.3) is 0 Å². The van der Waals surface area contributed by atoms with Crippen molar-refractivity contribution in [1.82, 2.24) is 15.2 Å². The Morgan fingerprint density at radius 2 is 2.18 bits per heavy atom. The Bertz CT molecular complexity index is 479. The first-order valence-electron chi connectivity index (χ1n) is 7.88. The number of nitrogens with one attached hydrogen (secondary N) is 1. The molecule has 6 heteroatoms. The lowest BCUT2D eigenvalue weighted by Crippen LogP contribution is -2.39. The highest BCUT2D eigenvalue weighted by atomic mass is 127. The van der Waals surface area contributed by atoms with Crippen molar-refractivity contribution in [2.75, 3.05) is 20.1 Å². The zero-order chi connectivity index (χ0) is 15.4. The summed E-state index contributed by atoms with van der Waals surface area (Å²) in [6, 6.07) is 0. The summed E-state index contributed by atoms with van der Waals surface area (Å²) in [7, 11) is 1.84. The highest BCUT2D eigenvalue weighted by Crippen LogP contribution is 2.23. The van der Waals surface area contributed by atoms with Crippen molar-refractivity contribution in [1.29, 1.82) is 0 Å². The van der Waals surface area contributed by atoms with Crippen LogP contribution in [-0.2, 0) is 6.54 Å². The van der Waals surface area contributed by atoms with E-state index < -0.39 is 0 Å². The molecule has 0 spiro atoms. The molecular formula is C16H29IN4O. The molecule has 0 bridgehead atoms. The monoisotopic (exact) mass is 420 g/mol. The van der Waals surface area contributed by atoms with Gasteiger partial charge in [-0.1, -0.05) is 13.8 Å². The van der Waals surface area contributed by atoms with Crippen molar-refractivity contribution in [3.63, 3.8) is 0 Å². The molecule has 0 amide bonds. The van der Waals surface area contributed by atoms with E-state index in [1.165, 1.54) is 12.8 Å². The van der Waals surface area contributed by atoms with Crippen LogP contribution in [0.5, 0.6) is 0 Å². The first-order valence-corrected chi connectivity index (χ1v) is 7.88. The molecule has 126 valence electrons. The predicted molar refractivity (Wildman–Crippen MR) is 101 cm³/mol. The Labute approximate surface area is 151 Å². The molecule has 1 unspecified atom stereocenters. The molecule has 22 heavy (non-hydrogen) atoms. The lowest BCUT2D eigenvalue weighted by Gasteiger charge is -2.21. The second-order valence-corrected chi connectivity index (χ2v) is 6.38. The highest BCUT2D eigenvalue weighted by molar-refractivity contribution is 14.0. The van der Waals surface area contributed by atoms with Crippen molar-refractivity contribution >= 4 is 29.9 Å². The molecule has 0 aliphatic carbocycles. The molecular weight excluding hydrogens is 391 g/mol. The Morgan fingerprint density at radius 3 is 2.73 bits per heavy atom. The van der Waals surface area contributed by atoms with E-state index in [0.717, 1.165) is 48.2 Å². The molecule has 1 aliphatic rings. The van der Waals surface area contributed by atoms with E-state index in [1.54, 1.807) is 0 Å². The SMILES string of the molecule is CN=C(NCc1nc(C)c(C)o1)N1CCC(CC(C)C)C1.I. The average Bonchev–Trinajstić information content (AvgIpc) is 2.98.